The predicted molar refractivity (Wildman–Crippen MR) is 61.5 cm³/mol. The fraction of sp³-hybridized carbons (Fsp3) is 0.500. The zero-order valence-corrected chi connectivity index (χ0v) is 10.1. The molecule has 0 heterocycles. The molecule has 16 heavy (non-hydrogen) atoms. The first-order chi connectivity index (χ1) is 7.37. The predicted octanol–water partition coefficient (Wildman–Crippen LogP) is 2.12. The van der Waals surface area contributed by atoms with Gasteiger partial charge in [-0.1, -0.05) is 0 Å². The van der Waals surface area contributed by atoms with Gasteiger partial charge in [-0.05, 0) is 31.9 Å². The average Bonchev–Trinajstić information content (AvgIpc) is 2.19. The van der Waals surface area contributed by atoms with Gasteiger partial charge in [-0.2, -0.15) is 0 Å². The minimum atomic E-state index is -0.474. The van der Waals surface area contributed by atoms with E-state index in [0.29, 0.717) is 17.7 Å². The van der Waals surface area contributed by atoms with Gasteiger partial charge in [0.2, 0.25) is 0 Å². The Labute approximate surface area is 95.4 Å². The van der Waals surface area contributed by atoms with Gasteiger partial charge in [0.25, 0.3) is 0 Å². The SMILES string of the molecule is COc1cc(CC(C)(C)N)c(F)c(OC)c1. The molecule has 90 valence electrons. The monoisotopic (exact) mass is 227 g/mol. The fourth-order valence-electron chi connectivity index (χ4n) is 1.51. The van der Waals surface area contributed by atoms with E-state index >= 15 is 0 Å². The lowest BCUT2D eigenvalue weighted by atomic mass is 9.95. The Morgan fingerprint density at radius 3 is 2.31 bits per heavy atom. The third kappa shape index (κ3) is 3.10. The highest BCUT2D eigenvalue weighted by atomic mass is 19.1. The molecule has 3 nitrogen and oxygen atoms in total. The summed E-state index contributed by atoms with van der Waals surface area (Å²) in [7, 11) is 2.96. The molecule has 0 aliphatic carbocycles. The maximum atomic E-state index is 13.9. The smallest absolute Gasteiger partial charge is 0.168 e. The van der Waals surface area contributed by atoms with Crippen LogP contribution in [0.15, 0.2) is 12.1 Å². The largest absolute Gasteiger partial charge is 0.497 e. The topological polar surface area (TPSA) is 44.5 Å². The second-order valence-electron chi connectivity index (χ2n) is 4.47. The highest BCUT2D eigenvalue weighted by Crippen LogP contribution is 2.28. The van der Waals surface area contributed by atoms with E-state index in [0.717, 1.165) is 0 Å². The second-order valence-corrected chi connectivity index (χ2v) is 4.47. The van der Waals surface area contributed by atoms with Crippen molar-refractivity contribution < 1.29 is 13.9 Å². The van der Waals surface area contributed by atoms with Crippen LogP contribution in [0.3, 0.4) is 0 Å². The Morgan fingerprint density at radius 2 is 1.88 bits per heavy atom. The summed E-state index contributed by atoms with van der Waals surface area (Å²) in [5.74, 6) is 0.373. The standard InChI is InChI=1S/C12H18FNO2/c1-12(2,14)7-8-5-9(15-3)6-10(16-4)11(8)13/h5-6H,7,14H2,1-4H3. The molecular formula is C12H18FNO2. The molecule has 0 aliphatic rings. The summed E-state index contributed by atoms with van der Waals surface area (Å²) in [5.41, 5.74) is 5.90. The Morgan fingerprint density at radius 1 is 1.25 bits per heavy atom. The zero-order valence-electron chi connectivity index (χ0n) is 10.1. The lowest BCUT2D eigenvalue weighted by Crippen LogP contribution is -2.34. The summed E-state index contributed by atoms with van der Waals surface area (Å²) in [6.45, 7) is 3.69. The third-order valence-corrected chi connectivity index (χ3v) is 2.19. The van der Waals surface area contributed by atoms with Crippen LogP contribution in [0.1, 0.15) is 19.4 Å². The van der Waals surface area contributed by atoms with Crippen molar-refractivity contribution in [1.82, 2.24) is 0 Å². The zero-order chi connectivity index (χ0) is 12.3. The number of hydrogen-bond donors (Lipinski definition) is 1. The summed E-state index contributed by atoms with van der Waals surface area (Å²) < 4.78 is 23.9. The summed E-state index contributed by atoms with van der Waals surface area (Å²) in [5, 5.41) is 0. The van der Waals surface area contributed by atoms with Crippen molar-refractivity contribution >= 4 is 0 Å². The molecule has 0 fully saturated rings. The molecule has 0 saturated heterocycles. The van der Waals surface area contributed by atoms with Crippen molar-refractivity contribution in [2.45, 2.75) is 25.8 Å². The Balaban J connectivity index is 3.16. The van der Waals surface area contributed by atoms with E-state index in [1.54, 1.807) is 6.07 Å². The van der Waals surface area contributed by atoms with Gasteiger partial charge < -0.3 is 15.2 Å². The van der Waals surface area contributed by atoms with Gasteiger partial charge in [0.1, 0.15) is 5.75 Å². The summed E-state index contributed by atoms with van der Waals surface area (Å²) in [6, 6.07) is 3.16. The molecule has 1 aromatic rings. The number of methoxy groups -OCH3 is 2. The number of halogens is 1. The third-order valence-electron chi connectivity index (χ3n) is 2.19. The minimum absolute atomic E-state index is 0.179. The van der Waals surface area contributed by atoms with Crippen LogP contribution < -0.4 is 15.2 Å². The van der Waals surface area contributed by atoms with Gasteiger partial charge in [-0.25, -0.2) is 4.39 Å². The highest BCUT2D eigenvalue weighted by molar-refractivity contribution is 5.40. The average molecular weight is 227 g/mol. The maximum Gasteiger partial charge on any atom is 0.168 e. The molecule has 0 atom stereocenters. The molecule has 0 aromatic heterocycles. The van der Waals surface area contributed by atoms with E-state index in [-0.39, 0.29) is 11.6 Å². The Kier molecular flexibility index (Phi) is 3.75. The van der Waals surface area contributed by atoms with Crippen LogP contribution in [0.5, 0.6) is 11.5 Å². The molecule has 2 N–H and O–H groups in total. The first-order valence-corrected chi connectivity index (χ1v) is 5.06. The van der Waals surface area contributed by atoms with Gasteiger partial charge in [-0.3, -0.25) is 0 Å². The number of hydrogen-bond acceptors (Lipinski definition) is 3. The normalized spacial score (nSPS) is 11.4. The van der Waals surface area contributed by atoms with Crippen molar-refractivity contribution in [3.8, 4) is 11.5 Å². The van der Waals surface area contributed by atoms with Crippen molar-refractivity contribution in [3.05, 3.63) is 23.5 Å². The number of ether oxygens (including phenoxy) is 2. The number of benzene rings is 1. The first kappa shape index (κ1) is 12.8. The molecule has 4 heteroatoms. The van der Waals surface area contributed by atoms with Crippen LogP contribution in [0.4, 0.5) is 4.39 Å². The van der Waals surface area contributed by atoms with Gasteiger partial charge in [0.05, 0.1) is 14.2 Å². The number of rotatable bonds is 4. The molecule has 0 radical (unpaired) electrons. The van der Waals surface area contributed by atoms with E-state index < -0.39 is 5.54 Å². The molecule has 0 aliphatic heterocycles. The summed E-state index contributed by atoms with van der Waals surface area (Å²) in [6.07, 6.45) is 0.423. The van der Waals surface area contributed by atoms with Crippen molar-refractivity contribution in [3.63, 3.8) is 0 Å². The molecular weight excluding hydrogens is 209 g/mol. The minimum Gasteiger partial charge on any atom is -0.497 e. The van der Waals surface area contributed by atoms with Crippen LogP contribution in [-0.4, -0.2) is 19.8 Å². The second kappa shape index (κ2) is 4.70. The van der Waals surface area contributed by atoms with Crippen LogP contribution >= 0.6 is 0 Å². The lowest BCUT2D eigenvalue weighted by Gasteiger charge is -2.20. The van der Waals surface area contributed by atoms with Crippen LogP contribution in [0.2, 0.25) is 0 Å². The summed E-state index contributed by atoms with van der Waals surface area (Å²) >= 11 is 0. The fourth-order valence-corrected chi connectivity index (χ4v) is 1.51. The van der Waals surface area contributed by atoms with Crippen LogP contribution in [0, 0.1) is 5.82 Å². The van der Waals surface area contributed by atoms with Gasteiger partial charge in [0, 0.05) is 11.6 Å². The van der Waals surface area contributed by atoms with E-state index in [4.69, 9.17) is 15.2 Å². The van der Waals surface area contributed by atoms with Crippen molar-refractivity contribution in [1.29, 1.82) is 0 Å². The molecule has 0 amide bonds. The van der Waals surface area contributed by atoms with Crippen molar-refractivity contribution in [2.24, 2.45) is 5.73 Å². The van der Waals surface area contributed by atoms with Crippen molar-refractivity contribution in [2.75, 3.05) is 14.2 Å². The maximum absolute atomic E-state index is 13.9. The Hall–Kier alpha value is -1.29. The van der Waals surface area contributed by atoms with Crippen LogP contribution in [-0.2, 0) is 6.42 Å². The van der Waals surface area contributed by atoms with E-state index in [2.05, 4.69) is 0 Å². The van der Waals surface area contributed by atoms with Gasteiger partial charge in [-0.15, -0.1) is 0 Å². The molecule has 1 aromatic carbocycles. The summed E-state index contributed by atoms with van der Waals surface area (Å²) in [4.78, 5) is 0. The quantitative estimate of drug-likeness (QED) is 0.857. The molecule has 0 saturated carbocycles. The number of nitrogens with two attached hydrogens (primary N) is 1. The van der Waals surface area contributed by atoms with Gasteiger partial charge >= 0.3 is 0 Å². The van der Waals surface area contributed by atoms with Gasteiger partial charge in [0.15, 0.2) is 11.6 Å². The first-order valence-electron chi connectivity index (χ1n) is 5.06. The molecule has 0 unspecified atom stereocenters. The molecule has 0 spiro atoms. The van der Waals surface area contributed by atoms with E-state index in [1.807, 2.05) is 13.8 Å². The highest BCUT2D eigenvalue weighted by Gasteiger charge is 2.18. The lowest BCUT2D eigenvalue weighted by molar-refractivity contribution is 0.368. The van der Waals surface area contributed by atoms with E-state index in [9.17, 15) is 4.39 Å². The molecule has 0 bridgehead atoms. The molecule has 1 rings (SSSR count). The van der Waals surface area contributed by atoms with E-state index in [1.165, 1.54) is 20.3 Å². The van der Waals surface area contributed by atoms with Crippen LogP contribution in [0.25, 0.3) is 0 Å². The Bertz CT molecular complexity index is 372.